The van der Waals surface area contributed by atoms with E-state index in [9.17, 15) is 29.7 Å². The van der Waals surface area contributed by atoms with Crippen LogP contribution in [0.15, 0.2) is 24.3 Å². The van der Waals surface area contributed by atoms with E-state index < -0.39 is 64.2 Å². The van der Waals surface area contributed by atoms with E-state index >= 15 is 0 Å². The minimum atomic E-state index is -1.77. The summed E-state index contributed by atoms with van der Waals surface area (Å²) >= 11 is 0. The molecule has 2 amide bonds. The van der Waals surface area contributed by atoms with Gasteiger partial charge in [0.2, 0.25) is 11.8 Å². The molecule has 7 bridgehead atoms. The molecule has 14 atom stereocenters. The van der Waals surface area contributed by atoms with E-state index in [2.05, 4.69) is 4.90 Å². The summed E-state index contributed by atoms with van der Waals surface area (Å²) in [5.74, 6) is -2.96. The lowest BCUT2D eigenvalue weighted by atomic mass is 9.42. The Balaban J connectivity index is 1.23. The highest BCUT2D eigenvalue weighted by Gasteiger charge is 2.91. The SMILES string of the molecule is CCN1C[C@]2(COC(=O)c3ccccc3N3C(=O)C[C@H](C)C3=O)CCC(OC)[C@@]34[C@@H]5C[C@H]6[C@H](OC)[C@@H]5[C@](O)(C[C@@H]6O)[C@](O)([C@@H](OC)[C@H]23)[C@@H]14. The number of aliphatic hydroxyl groups excluding tert-OH is 1. The van der Waals surface area contributed by atoms with Crippen molar-refractivity contribution in [2.24, 2.45) is 40.4 Å². The van der Waals surface area contributed by atoms with Gasteiger partial charge in [-0.3, -0.25) is 14.5 Å². The van der Waals surface area contributed by atoms with Crippen molar-refractivity contribution >= 4 is 23.5 Å². The van der Waals surface area contributed by atoms with Gasteiger partial charge in [0, 0.05) is 75.2 Å². The highest BCUT2D eigenvalue weighted by atomic mass is 16.5. The number of amides is 2. The summed E-state index contributed by atoms with van der Waals surface area (Å²) in [6, 6.07) is 6.02. The third-order valence-corrected chi connectivity index (χ3v) is 14.3. The molecule has 1 unspecified atom stereocenters. The largest absolute Gasteiger partial charge is 0.461 e. The van der Waals surface area contributed by atoms with Crippen LogP contribution in [0.25, 0.3) is 0 Å². The van der Waals surface area contributed by atoms with Crippen molar-refractivity contribution < 1.29 is 48.7 Å². The Morgan fingerprint density at radius 1 is 1.08 bits per heavy atom. The summed E-state index contributed by atoms with van der Waals surface area (Å²) in [5, 5.41) is 37.7. The molecule has 48 heavy (non-hydrogen) atoms. The molecule has 0 radical (unpaired) electrons. The summed E-state index contributed by atoms with van der Waals surface area (Å²) in [6.45, 7) is 4.82. The van der Waals surface area contributed by atoms with Crippen molar-refractivity contribution in [1.29, 1.82) is 0 Å². The summed E-state index contributed by atoms with van der Waals surface area (Å²) in [7, 11) is 4.89. The number of rotatable bonds is 8. The lowest BCUT2D eigenvalue weighted by Gasteiger charge is -2.70. The second kappa shape index (κ2) is 10.8. The van der Waals surface area contributed by atoms with Crippen molar-refractivity contribution in [2.75, 3.05) is 45.9 Å². The van der Waals surface area contributed by atoms with Gasteiger partial charge in [0.1, 0.15) is 11.2 Å². The summed E-state index contributed by atoms with van der Waals surface area (Å²) in [4.78, 5) is 43.1. The van der Waals surface area contributed by atoms with Crippen LogP contribution >= 0.6 is 0 Å². The van der Waals surface area contributed by atoms with Crippen molar-refractivity contribution in [2.45, 2.75) is 87.6 Å². The Bertz CT molecular complexity index is 1540. The Labute approximate surface area is 280 Å². The van der Waals surface area contributed by atoms with E-state index in [1.807, 2.05) is 6.92 Å². The number of aliphatic hydroxyl groups is 3. The number of carbonyl (C=O) groups is 3. The first kappa shape index (κ1) is 32.7. The summed E-state index contributed by atoms with van der Waals surface area (Å²) in [6.07, 6.45) is -0.413. The molecule has 7 aliphatic rings. The number of fused-ring (bicyclic) bond motifs is 2. The average molecular weight is 669 g/mol. The maximum Gasteiger partial charge on any atom is 0.340 e. The number of para-hydroxylation sites is 1. The first-order valence-corrected chi connectivity index (χ1v) is 17.5. The molecule has 1 aromatic carbocycles. The van der Waals surface area contributed by atoms with E-state index in [-0.39, 0.29) is 66.4 Å². The second-order valence-corrected chi connectivity index (χ2v) is 15.7. The number of likely N-dealkylation sites (N-methyl/N-ethyl adjacent to an activating group) is 1. The molecule has 0 aromatic heterocycles. The topological polar surface area (TPSA) is 155 Å². The quantitative estimate of drug-likeness (QED) is 0.272. The van der Waals surface area contributed by atoms with Gasteiger partial charge in [-0.25, -0.2) is 9.69 Å². The molecule has 2 saturated heterocycles. The zero-order chi connectivity index (χ0) is 34.1. The fourth-order valence-electron chi connectivity index (χ4n) is 12.9. The third-order valence-electron chi connectivity index (χ3n) is 14.3. The standard InChI is InChI=1S/C36H48N2O10/c1-6-37-16-33(17-48-31(42)19-9-7-8-10-22(19)38-25(40)13-18(2)30(38)41)12-11-24(45-3)35-21-14-20-23(39)15-34(43,26(21)27(20)46-4)36(44,32(35)37)29(47-5)28(33)35/h7-10,18,20-21,23-24,26-29,32,39,43-44H,6,11-17H2,1-5H3/t18-,20+,21+,23-,24?,26+,27-,28+,29-,32-,33-,34+,35-,36-/m0/s1. The van der Waals surface area contributed by atoms with Crippen molar-refractivity contribution in [1.82, 2.24) is 4.90 Å². The van der Waals surface area contributed by atoms with Crippen molar-refractivity contribution in [3.8, 4) is 0 Å². The summed E-state index contributed by atoms with van der Waals surface area (Å²) in [5.41, 5.74) is -4.49. The maximum absolute atomic E-state index is 14.0. The Morgan fingerprint density at radius 2 is 1.83 bits per heavy atom. The predicted molar refractivity (Wildman–Crippen MR) is 170 cm³/mol. The molecule has 8 rings (SSSR count). The van der Waals surface area contributed by atoms with Gasteiger partial charge in [-0.05, 0) is 43.9 Å². The van der Waals surface area contributed by atoms with Crippen LogP contribution < -0.4 is 4.90 Å². The van der Waals surface area contributed by atoms with Gasteiger partial charge in [-0.2, -0.15) is 0 Å². The number of hydrogen-bond acceptors (Lipinski definition) is 11. The fourth-order valence-corrected chi connectivity index (χ4v) is 12.9. The number of methoxy groups -OCH3 is 3. The zero-order valence-electron chi connectivity index (χ0n) is 28.3. The number of benzene rings is 1. The number of carbonyl (C=O) groups excluding carboxylic acids is 3. The molecule has 5 aliphatic carbocycles. The van der Waals surface area contributed by atoms with Crippen molar-refractivity contribution in [3.05, 3.63) is 29.8 Å². The van der Waals surface area contributed by atoms with Gasteiger partial charge < -0.3 is 34.3 Å². The van der Waals surface area contributed by atoms with Crippen LogP contribution in [-0.4, -0.2) is 121 Å². The molecule has 3 N–H and O–H groups in total. The second-order valence-electron chi connectivity index (χ2n) is 15.7. The first-order valence-electron chi connectivity index (χ1n) is 17.5. The molecule has 7 fully saturated rings. The lowest BCUT2D eigenvalue weighted by Crippen LogP contribution is -2.82. The number of hydrogen-bond donors (Lipinski definition) is 3. The molecule has 262 valence electrons. The lowest BCUT2D eigenvalue weighted by molar-refractivity contribution is -0.319. The molecule has 12 nitrogen and oxygen atoms in total. The van der Waals surface area contributed by atoms with Gasteiger partial charge >= 0.3 is 5.97 Å². The molecule has 2 aliphatic heterocycles. The third kappa shape index (κ3) is 3.62. The van der Waals surface area contributed by atoms with Crippen LogP contribution in [0.4, 0.5) is 5.69 Å². The number of anilines is 1. The molecule has 1 spiro atoms. The monoisotopic (exact) mass is 668 g/mol. The summed E-state index contributed by atoms with van der Waals surface area (Å²) < 4.78 is 25.0. The van der Waals surface area contributed by atoms with E-state index in [0.29, 0.717) is 32.4 Å². The molecular formula is C36H48N2O10. The number of piperidine rings is 1. The molecule has 5 saturated carbocycles. The van der Waals surface area contributed by atoms with Crippen LogP contribution in [0.5, 0.6) is 0 Å². The van der Waals surface area contributed by atoms with Crippen LogP contribution in [-0.2, 0) is 28.5 Å². The Hall–Kier alpha value is -2.45. The first-order chi connectivity index (χ1) is 22.9. The normalized spacial score (nSPS) is 48.7. The van der Waals surface area contributed by atoms with Gasteiger partial charge in [-0.15, -0.1) is 0 Å². The molecule has 12 heteroatoms. The predicted octanol–water partition coefficient (Wildman–Crippen LogP) is 1.38. The number of nitrogens with zero attached hydrogens (tertiary/aromatic N) is 2. The molecular weight excluding hydrogens is 620 g/mol. The van der Waals surface area contributed by atoms with Gasteiger partial charge in [0.25, 0.3) is 0 Å². The Morgan fingerprint density at radius 3 is 2.48 bits per heavy atom. The number of esters is 1. The fraction of sp³-hybridized carbons (Fsp3) is 0.750. The highest BCUT2D eigenvalue weighted by Crippen LogP contribution is 2.80. The van der Waals surface area contributed by atoms with E-state index in [1.54, 1.807) is 52.5 Å². The molecule has 1 aromatic rings. The van der Waals surface area contributed by atoms with E-state index in [4.69, 9.17) is 18.9 Å². The van der Waals surface area contributed by atoms with Crippen LogP contribution in [0.3, 0.4) is 0 Å². The highest BCUT2D eigenvalue weighted by molar-refractivity contribution is 6.22. The zero-order valence-corrected chi connectivity index (χ0v) is 28.3. The van der Waals surface area contributed by atoms with Gasteiger partial charge in [0.05, 0.1) is 48.3 Å². The van der Waals surface area contributed by atoms with Gasteiger partial charge in [-0.1, -0.05) is 26.0 Å². The van der Waals surface area contributed by atoms with Crippen LogP contribution in [0, 0.1) is 40.4 Å². The average Bonchev–Trinajstić information content (AvgIpc) is 3.61. The number of likely N-dealkylation sites (tertiary alicyclic amines) is 1. The smallest absolute Gasteiger partial charge is 0.340 e. The van der Waals surface area contributed by atoms with Crippen LogP contribution in [0.2, 0.25) is 0 Å². The van der Waals surface area contributed by atoms with E-state index in [0.717, 1.165) is 4.90 Å². The van der Waals surface area contributed by atoms with Crippen molar-refractivity contribution in [3.63, 3.8) is 0 Å². The minimum absolute atomic E-state index is 0.00997. The van der Waals surface area contributed by atoms with E-state index in [1.165, 1.54) is 0 Å². The minimum Gasteiger partial charge on any atom is -0.461 e. The Kier molecular flexibility index (Phi) is 7.35. The van der Waals surface area contributed by atoms with Gasteiger partial charge in [0.15, 0.2) is 0 Å². The maximum atomic E-state index is 14.0. The number of ether oxygens (including phenoxy) is 4. The number of imide groups is 1. The van der Waals surface area contributed by atoms with Crippen LogP contribution in [0.1, 0.15) is 56.3 Å². The molecule has 2 heterocycles.